The Balaban J connectivity index is 2.81. The predicted molar refractivity (Wildman–Crippen MR) is 78.3 cm³/mol. The quantitative estimate of drug-likeness (QED) is 0.845. The van der Waals surface area contributed by atoms with E-state index in [2.05, 4.69) is 11.4 Å². The Morgan fingerprint density at radius 2 is 1.86 bits per heavy atom. The molecular weight excluding hydrogens is 270 g/mol. The Bertz CT molecular complexity index is 454. The van der Waals surface area contributed by atoms with Crippen molar-refractivity contribution in [2.75, 3.05) is 6.54 Å². The summed E-state index contributed by atoms with van der Waals surface area (Å²) in [6.07, 6.45) is 0.0655. The van der Waals surface area contributed by atoms with Gasteiger partial charge in [0.2, 0.25) is 5.91 Å². The minimum Gasteiger partial charge on any atom is -0.444 e. The molecule has 2 atom stereocenters. The van der Waals surface area contributed by atoms with Crippen LogP contribution in [-0.2, 0) is 9.53 Å². The van der Waals surface area contributed by atoms with Crippen LogP contribution in [0.15, 0.2) is 0 Å². The maximum Gasteiger partial charge on any atom is 0.408 e. The van der Waals surface area contributed by atoms with Gasteiger partial charge in [-0.25, -0.2) is 4.79 Å². The van der Waals surface area contributed by atoms with E-state index in [1.807, 2.05) is 20.8 Å². The molecule has 0 radical (unpaired) electrons. The number of nitriles is 1. The van der Waals surface area contributed by atoms with Crippen LogP contribution in [0.4, 0.5) is 4.79 Å². The Kier molecular flexibility index (Phi) is 4.87. The van der Waals surface area contributed by atoms with Crippen LogP contribution in [-0.4, -0.2) is 41.1 Å². The normalized spacial score (nSPS) is 20.0. The van der Waals surface area contributed by atoms with Gasteiger partial charge in [0, 0.05) is 6.54 Å². The molecule has 1 N–H and O–H groups in total. The average molecular weight is 295 g/mol. The van der Waals surface area contributed by atoms with E-state index in [1.165, 1.54) is 4.90 Å². The van der Waals surface area contributed by atoms with Crippen LogP contribution in [0.5, 0.6) is 0 Å². The molecule has 1 heterocycles. The van der Waals surface area contributed by atoms with E-state index in [4.69, 9.17) is 10.00 Å². The van der Waals surface area contributed by atoms with E-state index in [-0.39, 0.29) is 11.9 Å². The lowest BCUT2D eigenvalue weighted by molar-refractivity contribution is -0.142. The molecule has 0 aliphatic carbocycles. The number of amides is 2. The highest BCUT2D eigenvalue weighted by Gasteiger charge is 2.42. The van der Waals surface area contributed by atoms with E-state index in [0.717, 1.165) is 0 Å². The predicted octanol–water partition coefficient (Wildman–Crippen LogP) is 2.05. The minimum atomic E-state index is -0.719. The second-order valence-electron chi connectivity index (χ2n) is 7.41. The van der Waals surface area contributed by atoms with Crippen LogP contribution in [0.2, 0.25) is 0 Å². The van der Waals surface area contributed by atoms with E-state index < -0.39 is 23.2 Å². The highest BCUT2D eigenvalue weighted by atomic mass is 16.6. The highest BCUT2D eigenvalue weighted by Crippen LogP contribution is 2.26. The summed E-state index contributed by atoms with van der Waals surface area (Å²) in [5.41, 5.74) is -1.09. The number of ether oxygens (including phenoxy) is 1. The van der Waals surface area contributed by atoms with Crippen molar-refractivity contribution in [3.05, 3.63) is 0 Å². The van der Waals surface area contributed by atoms with Crippen LogP contribution >= 0.6 is 0 Å². The molecule has 1 saturated heterocycles. The van der Waals surface area contributed by atoms with Gasteiger partial charge in [0.05, 0.1) is 6.07 Å². The lowest BCUT2D eigenvalue weighted by Crippen LogP contribution is -2.61. The summed E-state index contributed by atoms with van der Waals surface area (Å²) in [6, 6.07) is 0.986. The number of rotatable bonds is 2. The lowest BCUT2D eigenvalue weighted by atomic mass is 9.84. The monoisotopic (exact) mass is 295 g/mol. The van der Waals surface area contributed by atoms with Gasteiger partial charge < -0.3 is 15.0 Å². The third kappa shape index (κ3) is 4.62. The fraction of sp³-hybridized carbons (Fsp3) is 0.800. The number of carbonyl (C=O) groups excluding carboxylic acids is 2. The zero-order valence-corrected chi connectivity index (χ0v) is 13.7. The van der Waals surface area contributed by atoms with Crippen LogP contribution in [0, 0.1) is 16.7 Å². The van der Waals surface area contributed by atoms with E-state index >= 15 is 0 Å². The minimum absolute atomic E-state index is 0.230. The summed E-state index contributed by atoms with van der Waals surface area (Å²) >= 11 is 0. The maximum atomic E-state index is 12.5. The molecule has 118 valence electrons. The van der Waals surface area contributed by atoms with Crippen LogP contribution < -0.4 is 5.32 Å². The third-order valence-corrected chi connectivity index (χ3v) is 3.23. The first-order valence-corrected chi connectivity index (χ1v) is 7.15. The molecule has 0 unspecified atom stereocenters. The van der Waals surface area contributed by atoms with Gasteiger partial charge in [-0.2, -0.15) is 5.26 Å². The molecule has 1 fully saturated rings. The van der Waals surface area contributed by atoms with Gasteiger partial charge in [-0.1, -0.05) is 20.8 Å². The molecule has 1 aliphatic heterocycles. The summed E-state index contributed by atoms with van der Waals surface area (Å²) in [5.74, 6) is -0.230. The molecule has 1 aliphatic rings. The zero-order valence-electron chi connectivity index (χ0n) is 13.7. The standard InChI is InChI=1S/C15H25N3O3/c1-14(2,3)11(17-13(20)21-15(4,5)6)12(19)18-8-7-10(18)9-16/h10-11H,7-8H2,1-6H3,(H,17,20)/t10-,11+/m0/s1. The molecule has 0 saturated carbocycles. The number of hydrogen-bond acceptors (Lipinski definition) is 4. The zero-order chi connectivity index (χ0) is 16.4. The molecule has 6 heteroatoms. The molecule has 0 spiro atoms. The first-order chi connectivity index (χ1) is 9.45. The molecule has 0 aromatic carbocycles. The molecule has 21 heavy (non-hydrogen) atoms. The fourth-order valence-electron chi connectivity index (χ4n) is 2.03. The highest BCUT2D eigenvalue weighted by molar-refractivity contribution is 5.87. The molecule has 0 bridgehead atoms. The summed E-state index contributed by atoms with van der Waals surface area (Å²) in [6.45, 7) is 11.5. The van der Waals surface area contributed by atoms with Crippen molar-refractivity contribution >= 4 is 12.0 Å². The van der Waals surface area contributed by atoms with E-state index in [0.29, 0.717) is 13.0 Å². The van der Waals surface area contributed by atoms with Crippen LogP contribution in [0.1, 0.15) is 48.0 Å². The number of nitrogens with one attached hydrogen (secondary N) is 1. The molecule has 0 aromatic rings. The number of nitrogens with zero attached hydrogens (tertiary/aromatic N) is 2. The van der Waals surface area contributed by atoms with Gasteiger partial charge in [0.25, 0.3) is 0 Å². The van der Waals surface area contributed by atoms with Crippen molar-refractivity contribution in [1.82, 2.24) is 10.2 Å². The SMILES string of the molecule is CC(C)(C)OC(=O)N[C@H](C(=O)N1CC[C@H]1C#N)C(C)(C)C. The molecule has 2 amide bonds. The van der Waals surface area contributed by atoms with Gasteiger partial charge in [0.15, 0.2) is 0 Å². The first kappa shape index (κ1) is 17.3. The van der Waals surface area contributed by atoms with Crippen LogP contribution in [0.25, 0.3) is 0 Å². The van der Waals surface area contributed by atoms with Crippen molar-refractivity contribution in [2.45, 2.75) is 65.6 Å². The van der Waals surface area contributed by atoms with Gasteiger partial charge >= 0.3 is 6.09 Å². The van der Waals surface area contributed by atoms with Crippen molar-refractivity contribution < 1.29 is 14.3 Å². The maximum absolute atomic E-state index is 12.5. The first-order valence-electron chi connectivity index (χ1n) is 7.15. The molecular formula is C15H25N3O3. The molecule has 6 nitrogen and oxygen atoms in total. The smallest absolute Gasteiger partial charge is 0.408 e. The lowest BCUT2D eigenvalue weighted by Gasteiger charge is -2.41. The Labute approximate surface area is 126 Å². The summed E-state index contributed by atoms with van der Waals surface area (Å²) in [4.78, 5) is 26.0. The fourth-order valence-corrected chi connectivity index (χ4v) is 2.03. The summed E-state index contributed by atoms with van der Waals surface area (Å²) < 4.78 is 5.21. The topological polar surface area (TPSA) is 82.4 Å². The largest absolute Gasteiger partial charge is 0.444 e. The van der Waals surface area contributed by atoms with Crippen molar-refractivity contribution in [2.24, 2.45) is 5.41 Å². The Morgan fingerprint density at radius 1 is 1.29 bits per heavy atom. The number of alkyl carbamates (subject to hydrolysis) is 1. The molecule has 0 aromatic heterocycles. The Morgan fingerprint density at radius 3 is 2.19 bits per heavy atom. The second-order valence-corrected chi connectivity index (χ2v) is 7.41. The van der Waals surface area contributed by atoms with E-state index in [1.54, 1.807) is 20.8 Å². The third-order valence-electron chi connectivity index (χ3n) is 3.23. The van der Waals surface area contributed by atoms with Crippen molar-refractivity contribution in [3.63, 3.8) is 0 Å². The number of carbonyl (C=O) groups is 2. The van der Waals surface area contributed by atoms with Gasteiger partial charge in [0.1, 0.15) is 17.7 Å². The van der Waals surface area contributed by atoms with Gasteiger partial charge in [-0.3, -0.25) is 4.79 Å². The van der Waals surface area contributed by atoms with Gasteiger partial charge in [-0.15, -0.1) is 0 Å². The van der Waals surface area contributed by atoms with Gasteiger partial charge in [-0.05, 0) is 32.6 Å². The molecule has 1 rings (SSSR count). The second kappa shape index (κ2) is 5.92. The van der Waals surface area contributed by atoms with Crippen molar-refractivity contribution in [1.29, 1.82) is 5.26 Å². The van der Waals surface area contributed by atoms with Crippen molar-refractivity contribution in [3.8, 4) is 6.07 Å². The summed E-state index contributed by atoms with van der Waals surface area (Å²) in [5, 5.41) is 11.6. The summed E-state index contributed by atoms with van der Waals surface area (Å²) in [7, 11) is 0. The number of likely N-dealkylation sites (tertiary alicyclic amines) is 1. The van der Waals surface area contributed by atoms with Crippen LogP contribution in [0.3, 0.4) is 0 Å². The average Bonchev–Trinajstić information content (AvgIpc) is 2.20. The van der Waals surface area contributed by atoms with E-state index in [9.17, 15) is 9.59 Å². The number of hydrogen-bond donors (Lipinski definition) is 1. The Hall–Kier alpha value is -1.77.